The topological polar surface area (TPSA) is 97.0 Å². The van der Waals surface area contributed by atoms with Gasteiger partial charge in [-0.2, -0.15) is 0 Å². The minimum atomic E-state index is -0.456. The Morgan fingerprint density at radius 1 is 0.966 bits per heavy atom. The molecule has 4 amide bonds. The zero-order valence-electron chi connectivity index (χ0n) is 16.4. The lowest BCUT2D eigenvalue weighted by molar-refractivity contribution is 0.0638. The summed E-state index contributed by atoms with van der Waals surface area (Å²) in [6, 6.07) is 11.2. The molecule has 0 spiro atoms. The zero-order chi connectivity index (χ0) is 20.8. The van der Waals surface area contributed by atoms with Crippen molar-refractivity contribution in [2.24, 2.45) is 0 Å². The number of carbonyl (C=O) groups is 3. The first-order chi connectivity index (χ1) is 14.0. The second-order valence-electron chi connectivity index (χ2n) is 6.41. The Hall–Kier alpha value is -3.39. The highest BCUT2D eigenvalue weighted by atomic mass is 16.5. The van der Waals surface area contributed by atoms with Crippen LogP contribution in [0.3, 0.4) is 0 Å². The van der Waals surface area contributed by atoms with Gasteiger partial charge in [-0.25, -0.2) is 4.79 Å². The largest absolute Gasteiger partial charge is 0.494 e. The van der Waals surface area contributed by atoms with Crippen LogP contribution in [-0.2, 0) is 4.74 Å². The van der Waals surface area contributed by atoms with Gasteiger partial charge in [-0.1, -0.05) is 0 Å². The molecule has 0 aliphatic carbocycles. The van der Waals surface area contributed by atoms with Gasteiger partial charge in [0.25, 0.3) is 11.8 Å². The fourth-order valence-corrected chi connectivity index (χ4v) is 3.03. The monoisotopic (exact) mass is 397 g/mol. The molecule has 2 aromatic carbocycles. The molecule has 0 fully saturated rings. The van der Waals surface area contributed by atoms with E-state index in [1.807, 2.05) is 6.92 Å². The van der Waals surface area contributed by atoms with Crippen LogP contribution in [0.1, 0.15) is 34.1 Å². The second-order valence-corrected chi connectivity index (χ2v) is 6.41. The number of amides is 4. The zero-order valence-corrected chi connectivity index (χ0v) is 16.4. The lowest BCUT2D eigenvalue weighted by Crippen LogP contribution is -2.31. The van der Waals surface area contributed by atoms with Gasteiger partial charge < -0.3 is 20.1 Å². The Bertz CT molecular complexity index is 911. The van der Waals surface area contributed by atoms with E-state index in [9.17, 15) is 14.4 Å². The predicted molar refractivity (Wildman–Crippen MR) is 109 cm³/mol. The van der Waals surface area contributed by atoms with Crippen LogP contribution in [0.4, 0.5) is 16.2 Å². The summed E-state index contributed by atoms with van der Waals surface area (Å²) in [4.78, 5) is 38.4. The highest BCUT2D eigenvalue weighted by molar-refractivity contribution is 6.22. The number of nitrogens with zero attached hydrogens (tertiary/aromatic N) is 1. The van der Waals surface area contributed by atoms with Gasteiger partial charge in [0.05, 0.1) is 17.7 Å². The molecule has 2 N–H and O–H groups in total. The van der Waals surface area contributed by atoms with E-state index in [1.54, 1.807) is 43.5 Å². The van der Waals surface area contributed by atoms with Crippen molar-refractivity contribution in [2.75, 3.05) is 37.5 Å². The van der Waals surface area contributed by atoms with E-state index in [2.05, 4.69) is 10.6 Å². The van der Waals surface area contributed by atoms with Crippen molar-refractivity contribution in [3.63, 3.8) is 0 Å². The maximum atomic E-state index is 12.5. The summed E-state index contributed by atoms with van der Waals surface area (Å²) in [5, 5.41) is 5.39. The number of fused-ring (bicyclic) bond motifs is 1. The minimum absolute atomic E-state index is 0.284. The number of rotatable bonds is 8. The Labute approximate surface area is 168 Å². The number of carbonyl (C=O) groups excluding carboxylic acids is 3. The van der Waals surface area contributed by atoms with Gasteiger partial charge in [-0.05, 0) is 55.8 Å². The van der Waals surface area contributed by atoms with Crippen molar-refractivity contribution in [3.05, 3.63) is 53.6 Å². The van der Waals surface area contributed by atoms with E-state index in [0.29, 0.717) is 43.1 Å². The van der Waals surface area contributed by atoms with Crippen molar-refractivity contribution in [1.29, 1.82) is 0 Å². The molecule has 3 rings (SSSR count). The lowest BCUT2D eigenvalue weighted by Gasteiger charge is -2.12. The Morgan fingerprint density at radius 2 is 1.62 bits per heavy atom. The van der Waals surface area contributed by atoms with Gasteiger partial charge >= 0.3 is 6.03 Å². The first-order valence-corrected chi connectivity index (χ1v) is 9.33. The van der Waals surface area contributed by atoms with Crippen LogP contribution >= 0.6 is 0 Å². The molecule has 0 unspecified atom stereocenters. The van der Waals surface area contributed by atoms with Crippen molar-refractivity contribution in [3.8, 4) is 5.75 Å². The van der Waals surface area contributed by atoms with Crippen LogP contribution in [0.2, 0.25) is 0 Å². The summed E-state index contributed by atoms with van der Waals surface area (Å²) in [5.41, 5.74) is 1.64. The van der Waals surface area contributed by atoms with Gasteiger partial charge in [0, 0.05) is 31.6 Å². The van der Waals surface area contributed by atoms with Crippen molar-refractivity contribution < 1.29 is 23.9 Å². The predicted octanol–water partition coefficient (Wildman–Crippen LogP) is 3.36. The van der Waals surface area contributed by atoms with Crippen LogP contribution in [0.25, 0.3) is 0 Å². The SMILES string of the molecule is CCOc1ccc(NC(=O)Nc2ccc3c(c2)C(=O)N(CCCOC)C3=O)cc1. The molecule has 0 saturated heterocycles. The number of methoxy groups -OCH3 is 1. The average molecular weight is 397 g/mol. The molecule has 0 atom stereocenters. The number of hydrogen-bond donors (Lipinski definition) is 2. The van der Waals surface area contributed by atoms with E-state index >= 15 is 0 Å². The molecular formula is C21H23N3O5. The molecule has 0 radical (unpaired) electrons. The molecule has 29 heavy (non-hydrogen) atoms. The molecular weight excluding hydrogens is 374 g/mol. The maximum absolute atomic E-state index is 12.5. The molecule has 2 aromatic rings. The Balaban J connectivity index is 1.64. The number of urea groups is 1. The molecule has 8 heteroatoms. The quantitative estimate of drug-likeness (QED) is 0.526. The van der Waals surface area contributed by atoms with E-state index in [1.165, 1.54) is 11.0 Å². The van der Waals surface area contributed by atoms with E-state index in [0.717, 1.165) is 5.75 Å². The second kappa shape index (κ2) is 9.20. The van der Waals surface area contributed by atoms with Gasteiger partial charge in [0.2, 0.25) is 0 Å². The number of anilines is 2. The van der Waals surface area contributed by atoms with Crippen molar-refractivity contribution in [2.45, 2.75) is 13.3 Å². The van der Waals surface area contributed by atoms with Crippen LogP contribution in [0.5, 0.6) is 5.75 Å². The molecule has 8 nitrogen and oxygen atoms in total. The Morgan fingerprint density at radius 3 is 2.31 bits per heavy atom. The molecule has 1 aliphatic heterocycles. The first-order valence-electron chi connectivity index (χ1n) is 9.33. The van der Waals surface area contributed by atoms with Gasteiger partial charge in [0.1, 0.15) is 5.75 Å². The standard InChI is InChI=1S/C21H23N3O5/c1-3-29-16-8-5-14(6-9-16)22-21(27)23-15-7-10-17-18(13-15)20(26)24(19(17)25)11-4-12-28-2/h5-10,13H,3-4,11-12H2,1-2H3,(H2,22,23,27). The summed E-state index contributed by atoms with van der Waals surface area (Å²) >= 11 is 0. The molecule has 0 aromatic heterocycles. The fourth-order valence-electron chi connectivity index (χ4n) is 3.03. The summed E-state index contributed by atoms with van der Waals surface area (Å²) in [5.74, 6) is 0.0264. The third-order valence-corrected chi connectivity index (χ3v) is 4.38. The van der Waals surface area contributed by atoms with Crippen molar-refractivity contribution in [1.82, 2.24) is 4.90 Å². The van der Waals surface area contributed by atoms with Crippen LogP contribution < -0.4 is 15.4 Å². The first kappa shape index (κ1) is 20.3. The molecule has 152 valence electrons. The molecule has 0 saturated carbocycles. The van der Waals surface area contributed by atoms with Crippen LogP contribution in [-0.4, -0.2) is 49.6 Å². The van der Waals surface area contributed by atoms with Crippen LogP contribution in [0, 0.1) is 0 Å². The van der Waals surface area contributed by atoms with Crippen LogP contribution in [0.15, 0.2) is 42.5 Å². The van der Waals surface area contributed by atoms with Gasteiger partial charge in [0.15, 0.2) is 0 Å². The number of ether oxygens (including phenoxy) is 2. The minimum Gasteiger partial charge on any atom is -0.494 e. The van der Waals surface area contributed by atoms with E-state index in [-0.39, 0.29) is 17.4 Å². The molecule has 1 heterocycles. The fraction of sp³-hybridized carbons (Fsp3) is 0.286. The smallest absolute Gasteiger partial charge is 0.323 e. The number of benzene rings is 2. The van der Waals surface area contributed by atoms with E-state index < -0.39 is 6.03 Å². The van der Waals surface area contributed by atoms with Gasteiger partial charge in [-0.15, -0.1) is 0 Å². The third-order valence-electron chi connectivity index (χ3n) is 4.38. The highest BCUT2D eigenvalue weighted by Gasteiger charge is 2.35. The summed E-state index contributed by atoms with van der Waals surface area (Å²) in [7, 11) is 1.57. The lowest BCUT2D eigenvalue weighted by atomic mass is 10.1. The number of nitrogens with one attached hydrogen (secondary N) is 2. The average Bonchev–Trinajstić information content (AvgIpc) is 2.94. The highest BCUT2D eigenvalue weighted by Crippen LogP contribution is 2.26. The molecule has 1 aliphatic rings. The van der Waals surface area contributed by atoms with E-state index in [4.69, 9.17) is 9.47 Å². The third kappa shape index (κ3) is 4.72. The molecule has 0 bridgehead atoms. The Kier molecular flexibility index (Phi) is 6.46. The summed E-state index contributed by atoms with van der Waals surface area (Å²) in [6.07, 6.45) is 0.567. The number of hydrogen-bond acceptors (Lipinski definition) is 5. The van der Waals surface area contributed by atoms with Gasteiger partial charge in [-0.3, -0.25) is 14.5 Å². The normalized spacial score (nSPS) is 12.7. The maximum Gasteiger partial charge on any atom is 0.323 e. The summed E-state index contributed by atoms with van der Waals surface area (Å²) < 4.78 is 10.3. The summed E-state index contributed by atoms with van der Waals surface area (Å²) in [6.45, 7) is 3.22. The van der Waals surface area contributed by atoms with Crippen molar-refractivity contribution >= 4 is 29.2 Å². The number of imide groups is 1.